The Kier molecular flexibility index (Phi) is 4.18. The average Bonchev–Trinajstić information content (AvgIpc) is 2.40. The van der Waals surface area contributed by atoms with Gasteiger partial charge in [-0.25, -0.2) is 0 Å². The zero-order valence-electron chi connectivity index (χ0n) is 10.4. The number of hydrogen-bond donors (Lipinski definition) is 1. The van der Waals surface area contributed by atoms with Gasteiger partial charge in [-0.2, -0.15) is 0 Å². The van der Waals surface area contributed by atoms with Gasteiger partial charge in [0.15, 0.2) is 0 Å². The third-order valence-corrected chi connectivity index (χ3v) is 3.10. The Morgan fingerprint density at radius 1 is 1.41 bits per heavy atom. The van der Waals surface area contributed by atoms with Gasteiger partial charge in [0, 0.05) is 32.7 Å². The SMILES string of the molecule is C=C(CN1CCNCC1)c1cccc(OC)c1. The molecule has 1 heterocycles. The second-order valence-electron chi connectivity index (χ2n) is 4.36. The number of hydrogen-bond acceptors (Lipinski definition) is 3. The van der Waals surface area contributed by atoms with Gasteiger partial charge in [0.2, 0.25) is 0 Å². The summed E-state index contributed by atoms with van der Waals surface area (Å²) in [5, 5.41) is 3.35. The van der Waals surface area contributed by atoms with Gasteiger partial charge >= 0.3 is 0 Å². The van der Waals surface area contributed by atoms with Crippen LogP contribution in [0.15, 0.2) is 30.8 Å². The maximum absolute atomic E-state index is 5.23. The van der Waals surface area contributed by atoms with Crippen molar-refractivity contribution >= 4 is 5.57 Å². The first kappa shape index (κ1) is 12.1. The second kappa shape index (κ2) is 5.84. The molecular weight excluding hydrogens is 212 g/mol. The molecule has 0 aliphatic carbocycles. The molecule has 1 aliphatic heterocycles. The first-order valence-electron chi connectivity index (χ1n) is 6.05. The minimum Gasteiger partial charge on any atom is -0.497 e. The van der Waals surface area contributed by atoms with Gasteiger partial charge < -0.3 is 10.1 Å². The van der Waals surface area contributed by atoms with Gasteiger partial charge in [0.1, 0.15) is 5.75 Å². The normalized spacial score (nSPS) is 16.8. The van der Waals surface area contributed by atoms with Crippen molar-refractivity contribution in [3.63, 3.8) is 0 Å². The van der Waals surface area contributed by atoms with E-state index in [2.05, 4.69) is 22.9 Å². The van der Waals surface area contributed by atoms with Crippen LogP contribution in [0.2, 0.25) is 0 Å². The van der Waals surface area contributed by atoms with Crippen LogP contribution in [-0.2, 0) is 0 Å². The van der Waals surface area contributed by atoms with E-state index in [1.54, 1.807) is 7.11 Å². The number of piperazine rings is 1. The van der Waals surface area contributed by atoms with Crippen molar-refractivity contribution in [2.45, 2.75) is 0 Å². The molecule has 0 spiro atoms. The molecule has 0 radical (unpaired) electrons. The molecule has 17 heavy (non-hydrogen) atoms. The van der Waals surface area contributed by atoms with Crippen LogP contribution >= 0.6 is 0 Å². The smallest absolute Gasteiger partial charge is 0.119 e. The number of ether oxygens (including phenoxy) is 1. The molecule has 1 aromatic carbocycles. The minimum absolute atomic E-state index is 0.893. The number of nitrogens with zero attached hydrogens (tertiary/aromatic N) is 1. The summed E-state index contributed by atoms with van der Waals surface area (Å²) in [6.07, 6.45) is 0. The molecule has 0 aromatic heterocycles. The van der Waals surface area contributed by atoms with Gasteiger partial charge in [0.05, 0.1) is 7.11 Å². The summed E-state index contributed by atoms with van der Waals surface area (Å²) in [5.74, 6) is 0.893. The van der Waals surface area contributed by atoms with Crippen molar-refractivity contribution in [3.8, 4) is 5.75 Å². The van der Waals surface area contributed by atoms with Crippen molar-refractivity contribution in [1.29, 1.82) is 0 Å². The summed E-state index contributed by atoms with van der Waals surface area (Å²) in [7, 11) is 1.69. The maximum Gasteiger partial charge on any atom is 0.119 e. The van der Waals surface area contributed by atoms with E-state index in [1.165, 1.54) is 5.56 Å². The van der Waals surface area contributed by atoms with Crippen LogP contribution < -0.4 is 10.1 Å². The van der Waals surface area contributed by atoms with Crippen molar-refractivity contribution in [2.24, 2.45) is 0 Å². The molecule has 1 N–H and O–H groups in total. The molecule has 1 fully saturated rings. The van der Waals surface area contributed by atoms with Crippen LogP contribution in [0.3, 0.4) is 0 Å². The lowest BCUT2D eigenvalue weighted by molar-refractivity contribution is 0.268. The highest BCUT2D eigenvalue weighted by molar-refractivity contribution is 5.65. The third-order valence-electron chi connectivity index (χ3n) is 3.10. The lowest BCUT2D eigenvalue weighted by Gasteiger charge is -2.28. The fraction of sp³-hybridized carbons (Fsp3) is 0.429. The van der Waals surface area contributed by atoms with E-state index in [0.717, 1.165) is 44.0 Å². The third kappa shape index (κ3) is 3.32. The van der Waals surface area contributed by atoms with E-state index in [0.29, 0.717) is 0 Å². The molecule has 1 saturated heterocycles. The summed E-state index contributed by atoms with van der Waals surface area (Å²) < 4.78 is 5.23. The monoisotopic (exact) mass is 232 g/mol. The maximum atomic E-state index is 5.23. The Morgan fingerprint density at radius 3 is 2.88 bits per heavy atom. The van der Waals surface area contributed by atoms with E-state index in [1.807, 2.05) is 18.2 Å². The molecule has 0 atom stereocenters. The largest absolute Gasteiger partial charge is 0.497 e. The quantitative estimate of drug-likeness (QED) is 0.853. The highest BCUT2D eigenvalue weighted by Crippen LogP contribution is 2.19. The van der Waals surface area contributed by atoms with Crippen LogP contribution in [0.25, 0.3) is 5.57 Å². The minimum atomic E-state index is 0.893. The Balaban J connectivity index is 1.98. The standard InChI is InChI=1S/C14H20N2O/c1-12(11-16-8-6-15-7-9-16)13-4-3-5-14(10-13)17-2/h3-5,10,15H,1,6-9,11H2,2H3. The zero-order chi connectivity index (χ0) is 12.1. The molecular formula is C14H20N2O. The number of benzene rings is 1. The van der Waals surface area contributed by atoms with Gasteiger partial charge in [-0.15, -0.1) is 0 Å². The summed E-state index contributed by atoms with van der Waals surface area (Å²) in [4.78, 5) is 2.43. The van der Waals surface area contributed by atoms with Crippen LogP contribution in [0.1, 0.15) is 5.56 Å². The number of methoxy groups -OCH3 is 1. The van der Waals surface area contributed by atoms with Crippen LogP contribution in [0.5, 0.6) is 5.75 Å². The molecule has 0 unspecified atom stereocenters. The predicted octanol–water partition coefficient (Wildman–Crippen LogP) is 1.61. The van der Waals surface area contributed by atoms with Gasteiger partial charge in [-0.05, 0) is 23.3 Å². The van der Waals surface area contributed by atoms with E-state index in [4.69, 9.17) is 4.74 Å². The van der Waals surface area contributed by atoms with Gasteiger partial charge in [0.25, 0.3) is 0 Å². The topological polar surface area (TPSA) is 24.5 Å². The second-order valence-corrected chi connectivity index (χ2v) is 4.36. The first-order valence-corrected chi connectivity index (χ1v) is 6.05. The predicted molar refractivity (Wildman–Crippen MR) is 71.3 cm³/mol. The molecule has 1 aliphatic rings. The van der Waals surface area contributed by atoms with Crippen molar-refractivity contribution in [1.82, 2.24) is 10.2 Å². The van der Waals surface area contributed by atoms with E-state index < -0.39 is 0 Å². The van der Waals surface area contributed by atoms with Crippen molar-refractivity contribution in [3.05, 3.63) is 36.4 Å². The van der Waals surface area contributed by atoms with Crippen LogP contribution in [-0.4, -0.2) is 44.7 Å². The lowest BCUT2D eigenvalue weighted by Crippen LogP contribution is -2.43. The highest BCUT2D eigenvalue weighted by atomic mass is 16.5. The number of rotatable bonds is 4. The Hall–Kier alpha value is -1.32. The lowest BCUT2D eigenvalue weighted by atomic mass is 10.1. The molecule has 0 bridgehead atoms. The van der Waals surface area contributed by atoms with Crippen LogP contribution in [0.4, 0.5) is 0 Å². The first-order chi connectivity index (χ1) is 8.29. The highest BCUT2D eigenvalue weighted by Gasteiger charge is 2.11. The average molecular weight is 232 g/mol. The molecule has 2 rings (SSSR count). The van der Waals surface area contributed by atoms with E-state index >= 15 is 0 Å². The summed E-state index contributed by atoms with van der Waals surface area (Å²) in [6, 6.07) is 8.11. The fourth-order valence-electron chi connectivity index (χ4n) is 2.07. The van der Waals surface area contributed by atoms with Crippen LogP contribution in [0, 0.1) is 0 Å². The summed E-state index contributed by atoms with van der Waals surface area (Å²) >= 11 is 0. The number of nitrogens with one attached hydrogen (secondary N) is 1. The zero-order valence-corrected chi connectivity index (χ0v) is 10.4. The molecule has 0 saturated carbocycles. The Labute approximate surface area is 103 Å². The van der Waals surface area contributed by atoms with E-state index in [-0.39, 0.29) is 0 Å². The van der Waals surface area contributed by atoms with Gasteiger partial charge in [-0.3, -0.25) is 4.90 Å². The van der Waals surface area contributed by atoms with Crippen molar-refractivity contribution in [2.75, 3.05) is 39.8 Å². The molecule has 92 valence electrons. The molecule has 0 amide bonds. The summed E-state index contributed by atoms with van der Waals surface area (Å²) in [5.41, 5.74) is 2.33. The van der Waals surface area contributed by atoms with Gasteiger partial charge in [-0.1, -0.05) is 18.7 Å². The van der Waals surface area contributed by atoms with Crippen molar-refractivity contribution < 1.29 is 4.74 Å². The Bertz CT molecular complexity index is 384. The molecule has 3 heteroatoms. The Morgan fingerprint density at radius 2 is 2.18 bits per heavy atom. The molecule has 1 aromatic rings. The fourth-order valence-corrected chi connectivity index (χ4v) is 2.07. The molecule has 3 nitrogen and oxygen atoms in total. The summed E-state index contributed by atoms with van der Waals surface area (Å²) in [6.45, 7) is 9.47. The van der Waals surface area contributed by atoms with E-state index in [9.17, 15) is 0 Å².